The van der Waals surface area contributed by atoms with Crippen LogP contribution in [0.15, 0.2) is 70.1 Å². The summed E-state index contributed by atoms with van der Waals surface area (Å²) in [6.07, 6.45) is 2.25. The predicted octanol–water partition coefficient (Wildman–Crippen LogP) is 5.68. The van der Waals surface area contributed by atoms with Crippen LogP contribution in [-0.4, -0.2) is 13.2 Å². The summed E-state index contributed by atoms with van der Waals surface area (Å²) >= 11 is 0. The standard InChI is InChI=1S/C27H24O5/c1-3-19-12-21-25(14-24(19)31-15-18-6-4-17(2)5-7-18)32-16-22(27(21)28)20-8-9-23-26(13-20)30-11-10-29-23/h4-9,12-14,16H,3,10-11,15H2,1-2H3. The van der Waals surface area contributed by atoms with E-state index in [0.717, 1.165) is 28.9 Å². The number of hydrogen-bond acceptors (Lipinski definition) is 5. The lowest BCUT2D eigenvalue weighted by Gasteiger charge is -2.18. The second-order valence-corrected chi connectivity index (χ2v) is 7.92. The Morgan fingerprint density at radius 3 is 2.50 bits per heavy atom. The van der Waals surface area contributed by atoms with Gasteiger partial charge in [0, 0.05) is 6.07 Å². The van der Waals surface area contributed by atoms with Gasteiger partial charge in [-0.25, -0.2) is 0 Å². The number of ether oxygens (including phenoxy) is 3. The van der Waals surface area contributed by atoms with E-state index >= 15 is 0 Å². The van der Waals surface area contributed by atoms with Crippen molar-refractivity contribution in [1.82, 2.24) is 0 Å². The maximum atomic E-state index is 13.3. The summed E-state index contributed by atoms with van der Waals surface area (Å²) in [6.45, 7) is 5.58. The van der Waals surface area contributed by atoms with Crippen molar-refractivity contribution in [2.45, 2.75) is 26.9 Å². The second-order valence-electron chi connectivity index (χ2n) is 7.92. The first kappa shape index (κ1) is 20.2. The van der Waals surface area contributed by atoms with Crippen molar-refractivity contribution in [2.24, 2.45) is 0 Å². The van der Waals surface area contributed by atoms with Gasteiger partial charge in [0.1, 0.15) is 37.4 Å². The molecule has 1 aliphatic rings. The molecule has 0 spiro atoms. The molecule has 5 rings (SSSR count). The number of aryl methyl sites for hydroxylation is 2. The molecule has 4 aromatic rings. The molecule has 0 N–H and O–H groups in total. The highest BCUT2D eigenvalue weighted by atomic mass is 16.6. The third-order valence-corrected chi connectivity index (χ3v) is 5.70. The highest BCUT2D eigenvalue weighted by Crippen LogP contribution is 2.34. The van der Waals surface area contributed by atoms with Crippen molar-refractivity contribution in [3.8, 4) is 28.4 Å². The van der Waals surface area contributed by atoms with Gasteiger partial charge in [0.25, 0.3) is 0 Å². The van der Waals surface area contributed by atoms with Crippen LogP contribution < -0.4 is 19.6 Å². The Morgan fingerprint density at radius 1 is 0.938 bits per heavy atom. The Labute approximate surface area is 186 Å². The van der Waals surface area contributed by atoms with Crippen LogP contribution in [0, 0.1) is 6.92 Å². The Balaban J connectivity index is 1.50. The van der Waals surface area contributed by atoms with Crippen LogP contribution >= 0.6 is 0 Å². The molecule has 0 atom stereocenters. The van der Waals surface area contributed by atoms with E-state index in [1.165, 1.54) is 11.8 Å². The normalized spacial score (nSPS) is 12.7. The Hall–Kier alpha value is -3.73. The molecule has 0 radical (unpaired) electrons. The van der Waals surface area contributed by atoms with Crippen LogP contribution in [-0.2, 0) is 13.0 Å². The predicted molar refractivity (Wildman–Crippen MR) is 124 cm³/mol. The average molecular weight is 428 g/mol. The fourth-order valence-corrected chi connectivity index (χ4v) is 3.87. The van der Waals surface area contributed by atoms with Crippen LogP contribution in [0.5, 0.6) is 17.2 Å². The fourth-order valence-electron chi connectivity index (χ4n) is 3.87. The summed E-state index contributed by atoms with van der Waals surface area (Å²) in [4.78, 5) is 13.3. The lowest BCUT2D eigenvalue weighted by molar-refractivity contribution is 0.171. The van der Waals surface area contributed by atoms with Crippen molar-refractivity contribution in [3.63, 3.8) is 0 Å². The Kier molecular flexibility index (Phi) is 5.31. The Morgan fingerprint density at radius 2 is 1.72 bits per heavy atom. The first-order valence-electron chi connectivity index (χ1n) is 10.8. The third-order valence-electron chi connectivity index (χ3n) is 5.70. The number of rotatable bonds is 5. The molecular formula is C27H24O5. The molecule has 2 heterocycles. The molecule has 0 bridgehead atoms. The molecular weight excluding hydrogens is 404 g/mol. The van der Waals surface area contributed by atoms with Gasteiger partial charge in [0.2, 0.25) is 5.43 Å². The first-order chi connectivity index (χ1) is 15.6. The molecule has 3 aromatic carbocycles. The minimum Gasteiger partial charge on any atom is -0.488 e. The van der Waals surface area contributed by atoms with Crippen LogP contribution in [0.4, 0.5) is 0 Å². The van der Waals surface area contributed by atoms with Gasteiger partial charge in [-0.2, -0.15) is 0 Å². The van der Waals surface area contributed by atoms with E-state index in [0.29, 0.717) is 47.9 Å². The zero-order chi connectivity index (χ0) is 22.1. The SMILES string of the molecule is CCc1cc2c(=O)c(-c3ccc4c(c3)OCCO4)coc2cc1OCc1ccc(C)cc1. The van der Waals surface area contributed by atoms with Crippen molar-refractivity contribution < 1.29 is 18.6 Å². The summed E-state index contributed by atoms with van der Waals surface area (Å²) < 4.78 is 23.2. The summed E-state index contributed by atoms with van der Waals surface area (Å²) in [6, 6.07) is 17.5. The van der Waals surface area contributed by atoms with Crippen LogP contribution in [0.1, 0.15) is 23.6 Å². The molecule has 1 aromatic heterocycles. The maximum Gasteiger partial charge on any atom is 0.200 e. The van der Waals surface area contributed by atoms with E-state index in [4.69, 9.17) is 18.6 Å². The molecule has 0 unspecified atom stereocenters. The first-order valence-corrected chi connectivity index (χ1v) is 10.8. The largest absolute Gasteiger partial charge is 0.488 e. The molecule has 1 aliphatic heterocycles. The minimum atomic E-state index is -0.0808. The lowest BCUT2D eigenvalue weighted by Crippen LogP contribution is -2.15. The molecule has 0 aliphatic carbocycles. The van der Waals surface area contributed by atoms with E-state index < -0.39 is 0 Å². The molecule has 0 saturated heterocycles. The van der Waals surface area contributed by atoms with Crippen LogP contribution in [0.25, 0.3) is 22.1 Å². The number of fused-ring (bicyclic) bond motifs is 2. The van der Waals surface area contributed by atoms with Crippen LogP contribution in [0.3, 0.4) is 0 Å². The molecule has 5 nitrogen and oxygen atoms in total. The van der Waals surface area contributed by atoms with Gasteiger partial charge in [-0.15, -0.1) is 0 Å². The van der Waals surface area contributed by atoms with Gasteiger partial charge in [-0.1, -0.05) is 42.8 Å². The van der Waals surface area contributed by atoms with E-state index in [2.05, 4.69) is 31.2 Å². The fraction of sp³-hybridized carbons (Fsp3) is 0.222. The molecule has 32 heavy (non-hydrogen) atoms. The quantitative estimate of drug-likeness (QED) is 0.409. The van der Waals surface area contributed by atoms with Gasteiger partial charge in [0.05, 0.1) is 10.9 Å². The summed E-state index contributed by atoms with van der Waals surface area (Å²) in [7, 11) is 0. The number of benzene rings is 3. The second kappa shape index (κ2) is 8.42. The lowest BCUT2D eigenvalue weighted by atomic mass is 10.0. The number of hydrogen-bond donors (Lipinski definition) is 0. The van der Waals surface area contributed by atoms with Crippen LogP contribution in [0.2, 0.25) is 0 Å². The van der Waals surface area contributed by atoms with Gasteiger partial charge in [-0.05, 0) is 48.2 Å². The Bertz CT molecular complexity index is 1340. The zero-order valence-electron chi connectivity index (χ0n) is 18.1. The monoisotopic (exact) mass is 428 g/mol. The van der Waals surface area contributed by atoms with Gasteiger partial charge in [-0.3, -0.25) is 4.79 Å². The summed E-state index contributed by atoms with van der Waals surface area (Å²) in [5.41, 5.74) is 4.93. The van der Waals surface area contributed by atoms with E-state index in [1.54, 1.807) is 0 Å². The van der Waals surface area contributed by atoms with Crippen molar-refractivity contribution >= 4 is 11.0 Å². The van der Waals surface area contributed by atoms with E-state index in [9.17, 15) is 4.79 Å². The van der Waals surface area contributed by atoms with Gasteiger partial charge in [0.15, 0.2) is 11.5 Å². The molecule has 0 fully saturated rings. The minimum absolute atomic E-state index is 0.0808. The zero-order valence-corrected chi connectivity index (χ0v) is 18.1. The highest BCUT2D eigenvalue weighted by Gasteiger charge is 2.17. The topological polar surface area (TPSA) is 57.9 Å². The smallest absolute Gasteiger partial charge is 0.200 e. The van der Waals surface area contributed by atoms with Gasteiger partial charge < -0.3 is 18.6 Å². The van der Waals surface area contributed by atoms with Crippen molar-refractivity contribution in [2.75, 3.05) is 13.2 Å². The molecule has 5 heteroatoms. The molecule has 0 amide bonds. The average Bonchev–Trinajstić information content (AvgIpc) is 2.83. The summed E-state index contributed by atoms with van der Waals surface area (Å²) in [5.74, 6) is 2.06. The molecule has 162 valence electrons. The van der Waals surface area contributed by atoms with Crippen molar-refractivity contribution in [3.05, 3.63) is 87.8 Å². The molecule has 0 saturated carbocycles. The van der Waals surface area contributed by atoms with E-state index in [-0.39, 0.29) is 5.43 Å². The van der Waals surface area contributed by atoms with Crippen molar-refractivity contribution in [1.29, 1.82) is 0 Å². The maximum absolute atomic E-state index is 13.3. The van der Waals surface area contributed by atoms with Gasteiger partial charge >= 0.3 is 0 Å². The highest BCUT2D eigenvalue weighted by molar-refractivity contribution is 5.84. The summed E-state index contributed by atoms with van der Waals surface area (Å²) in [5, 5.41) is 0.539. The van der Waals surface area contributed by atoms with E-state index in [1.807, 2.05) is 37.3 Å². The third kappa shape index (κ3) is 3.82.